The van der Waals surface area contributed by atoms with E-state index in [0.29, 0.717) is 42.9 Å². The number of Topliss-reactive ketones (excluding diaryl/α,β-unsaturated/α-hetero) is 1. The lowest BCUT2D eigenvalue weighted by Gasteiger charge is -2.27. The first-order valence-electron chi connectivity index (χ1n) is 12.6. The number of carbonyl (C=O) groups excluding carboxylic acids is 2. The molecule has 0 aromatic heterocycles. The summed E-state index contributed by atoms with van der Waals surface area (Å²) in [6, 6.07) is 8.85. The van der Waals surface area contributed by atoms with Crippen LogP contribution in [0.15, 0.2) is 30.3 Å². The number of amidine groups is 1. The second-order valence-corrected chi connectivity index (χ2v) is 9.14. The van der Waals surface area contributed by atoms with Crippen molar-refractivity contribution in [3.63, 3.8) is 0 Å². The number of ether oxygens (including phenoxy) is 3. The molecular formula is C28H33FN2O5. The highest BCUT2D eigenvalue weighted by atomic mass is 19.1. The smallest absolute Gasteiger partial charge is 0.316 e. The SMILES string of the molecule is CCOC(=O)C1(c2cccc(C(=O)CN3Cc4cc(OCC)c(OCC)c(F)c4C3=N)c2)CCCC1. The number of ketones is 1. The lowest BCUT2D eigenvalue weighted by molar-refractivity contribution is -0.150. The molecule has 2 aromatic rings. The van der Waals surface area contributed by atoms with Crippen molar-refractivity contribution in [3.8, 4) is 11.5 Å². The predicted molar refractivity (Wildman–Crippen MR) is 134 cm³/mol. The molecule has 0 spiro atoms. The van der Waals surface area contributed by atoms with Gasteiger partial charge in [0.15, 0.2) is 23.1 Å². The maximum absolute atomic E-state index is 15.3. The summed E-state index contributed by atoms with van der Waals surface area (Å²) < 4.78 is 31.8. The lowest BCUT2D eigenvalue weighted by atomic mass is 9.78. The molecule has 0 atom stereocenters. The Morgan fingerprint density at radius 1 is 1.06 bits per heavy atom. The van der Waals surface area contributed by atoms with E-state index < -0.39 is 11.2 Å². The van der Waals surface area contributed by atoms with Gasteiger partial charge in [0.25, 0.3) is 0 Å². The molecule has 0 amide bonds. The second kappa shape index (κ2) is 10.7. The Bertz CT molecular complexity index is 1170. The highest BCUT2D eigenvalue weighted by Gasteiger charge is 2.44. The van der Waals surface area contributed by atoms with Gasteiger partial charge in [0.05, 0.1) is 37.3 Å². The molecule has 1 heterocycles. The Balaban J connectivity index is 1.57. The molecule has 1 aliphatic heterocycles. The van der Waals surface area contributed by atoms with E-state index in [1.807, 2.05) is 6.07 Å². The first-order valence-corrected chi connectivity index (χ1v) is 12.6. The van der Waals surface area contributed by atoms with Crippen LogP contribution in [0.3, 0.4) is 0 Å². The van der Waals surface area contributed by atoms with Crippen molar-refractivity contribution in [1.29, 1.82) is 5.41 Å². The van der Waals surface area contributed by atoms with Crippen LogP contribution in [-0.4, -0.2) is 48.9 Å². The van der Waals surface area contributed by atoms with Crippen molar-refractivity contribution in [1.82, 2.24) is 4.90 Å². The Morgan fingerprint density at radius 2 is 1.78 bits per heavy atom. The number of hydrogen-bond acceptors (Lipinski definition) is 6. The van der Waals surface area contributed by atoms with Gasteiger partial charge in [-0.25, -0.2) is 4.39 Å². The van der Waals surface area contributed by atoms with Gasteiger partial charge in [-0.2, -0.15) is 0 Å². The molecule has 4 rings (SSSR count). The average Bonchev–Trinajstić information content (AvgIpc) is 3.48. The van der Waals surface area contributed by atoms with Crippen LogP contribution in [0.1, 0.15) is 73.5 Å². The molecule has 2 aliphatic rings. The number of benzene rings is 2. The normalized spacial score (nSPS) is 16.1. The third kappa shape index (κ3) is 4.56. The standard InChI is InChI=1S/C28H33FN2O5/c1-4-34-22-15-19-16-31(26(30)23(19)24(29)25(22)35-5-2)17-21(32)18-10-9-11-20(14-18)28(12-7-8-13-28)27(33)36-6-3/h9-11,14-15,30H,4-8,12-13,16-17H2,1-3H3. The van der Waals surface area contributed by atoms with E-state index in [2.05, 4.69) is 0 Å². The molecule has 2 aromatic carbocycles. The molecule has 1 N–H and O–H groups in total. The number of fused-ring (bicyclic) bond motifs is 1. The summed E-state index contributed by atoms with van der Waals surface area (Å²) in [5.41, 5.74) is 1.24. The van der Waals surface area contributed by atoms with Crippen molar-refractivity contribution in [2.45, 2.75) is 58.4 Å². The number of carbonyl (C=O) groups is 2. The van der Waals surface area contributed by atoms with Gasteiger partial charge in [0.2, 0.25) is 0 Å². The molecule has 0 unspecified atom stereocenters. The number of rotatable bonds is 10. The molecule has 1 saturated carbocycles. The number of nitrogens with one attached hydrogen (secondary N) is 1. The second-order valence-electron chi connectivity index (χ2n) is 9.14. The summed E-state index contributed by atoms with van der Waals surface area (Å²) in [6.45, 7) is 6.40. The fourth-order valence-corrected chi connectivity index (χ4v) is 5.27. The zero-order valence-electron chi connectivity index (χ0n) is 21.1. The number of esters is 1. The zero-order chi connectivity index (χ0) is 25.9. The predicted octanol–water partition coefficient (Wildman–Crippen LogP) is 5.02. The zero-order valence-corrected chi connectivity index (χ0v) is 21.1. The Hall–Kier alpha value is -3.42. The summed E-state index contributed by atoms with van der Waals surface area (Å²) in [6.07, 6.45) is 3.25. The first kappa shape index (κ1) is 25.7. The van der Waals surface area contributed by atoms with Crippen molar-refractivity contribution in [2.75, 3.05) is 26.4 Å². The summed E-state index contributed by atoms with van der Waals surface area (Å²) in [4.78, 5) is 27.7. The Morgan fingerprint density at radius 3 is 2.44 bits per heavy atom. The van der Waals surface area contributed by atoms with Crippen LogP contribution in [0.5, 0.6) is 11.5 Å². The summed E-state index contributed by atoms with van der Waals surface area (Å²) in [7, 11) is 0. The molecule has 0 bridgehead atoms. The number of hydrogen-bond donors (Lipinski definition) is 1. The van der Waals surface area contributed by atoms with E-state index in [0.717, 1.165) is 18.4 Å². The summed E-state index contributed by atoms with van der Waals surface area (Å²) in [5.74, 6) is -0.863. The quantitative estimate of drug-likeness (QED) is 0.367. The van der Waals surface area contributed by atoms with E-state index >= 15 is 4.39 Å². The molecule has 1 aliphatic carbocycles. The summed E-state index contributed by atoms with van der Waals surface area (Å²) >= 11 is 0. The van der Waals surface area contributed by atoms with Gasteiger partial charge in [-0.05, 0) is 56.9 Å². The lowest BCUT2D eigenvalue weighted by Crippen LogP contribution is -2.35. The van der Waals surface area contributed by atoms with Gasteiger partial charge in [0, 0.05) is 12.1 Å². The summed E-state index contributed by atoms with van der Waals surface area (Å²) in [5, 5.41) is 8.57. The van der Waals surface area contributed by atoms with Gasteiger partial charge >= 0.3 is 5.97 Å². The van der Waals surface area contributed by atoms with E-state index in [4.69, 9.17) is 19.6 Å². The fourth-order valence-electron chi connectivity index (χ4n) is 5.27. The third-order valence-electron chi connectivity index (χ3n) is 6.97. The molecule has 0 radical (unpaired) electrons. The average molecular weight is 497 g/mol. The topological polar surface area (TPSA) is 88.9 Å². The molecule has 1 fully saturated rings. The minimum Gasteiger partial charge on any atom is -0.490 e. The monoisotopic (exact) mass is 496 g/mol. The van der Waals surface area contributed by atoms with Crippen LogP contribution >= 0.6 is 0 Å². The number of nitrogens with zero attached hydrogens (tertiary/aromatic N) is 1. The molecule has 36 heavy (non-hydrogen) atoms. The van der Waals surface area contributed by atoms with Crippen LogP contribution < -0.4 is 9.47 Å². The molecule has 0 saturated heterocycles. The van der Waals surface area contributed by atoms with E-state index in [-0.39, 0.29) is 48.6 Å². The van der Waals surface area contributed by atoms with E-state index in [1.54, 1.807) is 49.9 Å². The first-order chi connectivity index (χ1) is 17.4. The van der Waals surface area contributed by atoms with Crippen molar-refractivity contribution >= 4 is 17.6 Å². The molecular weight excluding hydrogens is 463 g/mol. The largest absolute Gasteiger partial charge is 0.490 e. The van der Waals surface area contributed by atoms with Crippen LogP contribution in [0.4, 0.5) is 4.39 Å². The third-order valence-corrected chi connectivity index (χ3v) is 6.97. The van der Waals surface area contributed by atoms with Gasteiger partial charge in [0.1, 0.15) is 5.84 Å². The minimum atomic E-state index is -0.725. The fraction of sp³-hybridized carbons (Fsp3) is 0.464. The minimum absolute atomic E-state index is 0.00967. The van der Waals surface area contributed by atoms with Crippen molar-refractivity contribution < 1.29 is 28.2 Å². The number of halogens is 1. The highest BCUT2D eigenvalue weighted by Crippen LogP contribution is 2.43. The highest BCUT2D eigenvalue weighted by molar-refractivity contribution is 6.06. The van der Waals surface area contributed by atoms with Crippen LogP contribution in [-0.2, 0) is 21.5 Å². The maximum Gasteiger partial charge on any atom is 0.316 e. The van der Waals surface area contributed by atoms with Crippen LogP contribution in [0, 0.1) is 11.2 Å². The maximum atomic E-state index is 15.3. The van der Waals surface area contributed by atoms with Gasteiger partial charge in [-0.3, -0.25) is 15.0 Å². The molecule has 7 nitrogen and oxygen atoms in total. The Labute approximate surface area is 211 Å². The molecule has 8 heteroatoms. The van der Waals surface area contributed by atoms with Gasteiger partial charge in [-0.1, -0.05) is 31.0 Å². The van der Waals surface area contributed by atoms with E-state index in [1.165, 1.54) is 0 Å². The van der Waals surface area contributed by atoms with Crippen molar-refractivity contribution in [3.05, 3.63) is 58.4 Å². The van der Waals surface area contributed by atoms with Crippen molar-refractivity contribution in [2.24, 2.45) is 0 Å². The van der Waals surface area contributed by atoms with Crippen LogP contribution in [0.25, 0.3) is 0 Å². The van der Waals surface area contributed by atoms with Gasteiger partial charge in [-0.15, -0.1) is 0 Å². The molecule has 192 valence electrons. The van der Waals surface area contributed by atoms with Crippen LogP contribution in [0.2, 0.25) is 0 Å². The van der Waals surface area contributed by atoms with E-state index in [9.17, 15) is 9.59 Å². The Kier molecular flexibility index (Phi) is 7.62. The van der Waals surface area contributed by atoms with Gasteiger partial charge < -0.3 is 19.1 Å².